The third-order valence-corrected chi connectivity index (χ3v) is 17.4. The van der Waals surface area contributed by atoms with E-state index in [0.29, 0.717) is 110 Å². The van der Waals surface area contributed by atoms with Gasteiger partial charge in [-0.15, -0.1) is 15.5 Å². The maximum Gasteiger partial charge on any atom is 0.347 e. The summed E-state index contributed by atoms with van der Waals surface area (Å²) in [4.78, 5) is 102. The molecule has 4 atom stereocenters. The summed E-state index contributed by atoms with van der Waals surface area (Å²) in [5.74, 6) is -1.63. The summed E-state index contributed by atoms with van der Waals surface area (Å²) in [7, 11) is 0. The van der Waals surface area contributed by atoms with E-state index in [4.69, 9.17) is 29.9 Å². The standard InChI is InChI=1S/C60H52N14O7/c1-28-56(76)63-38-11-12-40-42(24-38)53(75)41(25-46(40)74(80)81)37-23-35-20-33-8-6-30-19-31-7-9-34-22-36-21-32-5-4-29-10-13-45(65-47(29)50(32)70-55(36)71-52(34)49(31)68-48(30)51(33)69-54(35)61-26-37)59(79)73-16-2-3-39(27-73)64-58(78)44-15-18-72-17-14-43(57(77)62-28)66-60(72)67-44/h10-13,19-26,28,39,43-44,66-67H,2-9,14-18,27H2,1H3,(H3-,61,62,63,64,65,68,69,70,71,75,76,77,78,79)/p+1. The minimum absolute atomic E-state index is 0.133. The normalized spacial score (nSPS) is 21.5. The monoisotopic (exact) mass is 1080 g/mol. The summed E-state index contributed by atoms with van der Waals surface area (Å²) in [5.41, 5.74) is 12.6. The zero-order valence-corrected chi connectivity index (χ0v) is 44.1. The topological polar surface area (TPSA) is 276 Å². The molecular formula is C60H53N14O7+. The lowest BCUT2D eigenvalue weighted by Crippen LogP contribution is -2.67. The molecule has 4 amide bonds. The first-order chi connectivity index (χ1) is 39.3. The van der Waals surface area contributed by atoms with Crippen LogP contribution in [0.15, 0.2) is 72.9 Å². The lowest BCUT2D eigenvalue weighted by Gasteiger charge is -2.36. The maximum atomic E-state index is 14.4. The van der Waals surface area contributed by atoms with Crippen molar-refractivity contribution in [2.75, 3.05) is 31.5 Å². The van der Waals surface area contributed by atoms with E-state index >= 15 is 0 Å². The highest BCUT2D eigenvalue weighted by Crippen LogP contribution is 2.44. The molecule has 6 aromatic heterocycles. The Labute approximate surface area is 462 Å². The molecule has 3 fully saturated rings. The van der Waals surface area contributed by atoms with E-state index in [1.165, 1.54) is 30.5 Å². The molecule has 404 valence electrons. The number of phenols is 1. The number of nitro benzene ring substituents is 1. The van der Waals surface area contributed by atoms with Crippen LogP contribution in [0, 0.1) is 16.4 Å². The number of nitro groups is 1. The second kappa shape index (κ2) is 18.8. The summed E-state index contributed by atoms with van der Waals surface area (Å²) < 4.78 is 0. The molecule has 8 aromatic rings. The highest BCUT2D eigenvalue weighted by atomic mass is 16.6. The third kappa shape index (κ3) is 8.35. The van der Waals surface area contributed by atoms with Crippen molar-refractivity contribution in [1.82, 2.24) is 61.0 Å². The van der Waals surface area contributed by atoms with Gasteiger partial charge in [0.15, 0.2) is 11.3 Å². The van der Waals surface area contributed by atoms with Gasteiger partial charge in [0.1, 0.15) is 29.6 Å². The largest absolute Gasteiger partial charge is 0.507 e. The number of nitrogens with one attached hydrogen (secondary N) is 5. The fourth-order valence-electron chi connectivity index (χ4n) is 13.1. The number of phenolic OH excluding ortho intramolecular Hbond substituents is 1. The summed E-state index contributed by atoms with van der Waals surface area (Å²) in [6, 6.07) is 17.4. The van der Waals surface area contributed by atoms with E-state index < -0.39 is 34.9 Å². The average molecular weight is 1080 g/mol. The molecular weight excluding hydrogens is 1030 g/mol. The fraction of sp³-hybridized carbons (Fsp3) is 0.317. The lowest BCUT2D eigenvalue weighted by molar-refractivity contribution is -0.383. The predicted octanol–water partition coefficient (Wildman–Crippen LogP) is 5.74. The SMILES string of the molecule is CC1NC(=O)C2CCN3CCC(N[C+]3N2)C(=O)NC2CCCN(C2)C(=O)c2ccc3c(n2)-c2nc4nc5c(cc4cc2CC3)CCc2cc3c(nc2-5)-c2nc4ncc(cc4cc2CC3)-c2cc([N+](=O)[O-])c3ccc(cc3c2O)NC1=O. The van der Waals surface area contributed by atoms with Crippen molar-refractivity contribution >= 4 is 67.8 Å². The first kappa shape index (κ1) is 49.0. The Bertz CT molecular complexity index is 4130. The number of piperidine rings is 1. The number of aromatic nitrogens is 6. The molecule has 21 heteroatoms. The quantitative estimate of drug-likeness (QED) is 0.0649. The zero-order chi connectivity index (χ0) is 54.9. The second-order valence-corrected chi connectivity index (χ2v) is 22.4. The van der Waals surface area contributed by atoms with Gasteiger partial charge in [0.05, 0.1) is 44.5 Å². The summed E-state index contributed by atoms with van der Waals surface area (Å²) in [6.07, 6.45) is 8.99. The van der Waals surface area contributed by atoms with E-state index in [2.05, 4.69) is 49.7 Å². The van der Waals surface area contributed by atoms with Gasteiger partial charge in [-0.05, 0) is 153 Å². The van der Waals surface area contributed by atoms with Gasteiger partial charge in [-0.3, -0.25) is 29.3 Å². The predicted molar refractivity (Wildman–Crippen MR) is 299 cm³/mol. The minimum Gasteiger partial charge on any atom is -0.507 e. The van der Waals surface area contributed by atoms with Gasteiger partial charge in [0, 0.05) is 77.5 Å². The van der Waals surface area contributed by atoms with Crippen molar-refractivity contribution in [3.8, 4) is 51.0 Å². The smallest absolute Gasteiger partial charge is 0.347 e. The molecule has 2 aromatic carbocycles. The van der Waals surface area contributed by atoms with Crippen LogP contribution < -0.4 is 26.6 Å². The molecule has 81 heavy (non-hydrogen) atoms. The lowest BCUT2D eigenvalue weighted by atomic mass is 9.86. The molecule has 0 spiro atoms. The Kier molecular flexibility index (Phi) is 11.4. The third-order valence-electron chi connectivity index (χ3n) is 17.4. The van der Waals surface area contributed by atoms with Gasteiger partial charge in [0.2, 0.25) is 17.7 Å². The first-order valence-corrected chi connectivity index (χ1v) is 27.8. The minimum atomic E-state index is -1.01. The first-order valence-electron chi connectivity index (χ1n) is 27.8. The Morgan fingerprint density at radius 3 is 1.91 bits per heavy atom. The number of amides is 4. The summed E-state index contributed by atoms with van der Waals surface area (Å²) in [5, 5.41) is 41.9. The molecule has 4 unspecified atom stereocenters. The average Bonchev–Trinajstić information content (AvgIpc) is 3.53. The van der Waals surface area contributed by atoms with Crippen molar-refractivity contribution in [2.45, 2.75) is 95.3 Å². The Hall–Kier alpha value is -9.05. The molecule has 20 bridgehead atoms. The van der Waals surface area contributed by atoms with Crippen molar-refractivity contribution in [3.05, 3.63) is 128 Å². The Balaban J connectivity index is 0.810. The van der Waals surface area contributed by atoms with Crippen LogP contribution in [0.5, 0.6) is 5.75 Å². The number of pyridine rings is 6. The van der Waals surface area contributed by atoms with Crippen LogP contribution >= 0.6 is 0 Å². The van der Waals surface area contributed by atoms with Crippen molar-refractivity contribution < 1.29 is 29.2 Å². The molecule has 3 aliphatic carbocycles. The molecule has 0 saturated carbocycles. The molecule has 6 N–H and O–H groups in total. The zero-order valence-electron chi connectivity index (χ0n) is 44.1. The Morgan fingerprint density at radius 2 is 1.23 bits per heavy atom. The number of anilines is 1. The van der Waals surface area contributed by atoms with Crippen LogP contribution in [0.3, 0.4) is 0 Å². The molecule has 11 heterocycles. The maximum absolute atomic E-state index is 14.4. The Morgan fingerprint density at radius 1 is 0.630 bits per heavy atom. The molecule has 3 saturated heterocycles. The number of fused-ring (bicyclic) bond motifs is 6. The molecule has 0 radical (unpaired) electrons. The van der Waals surface area contributed by atoms with Gasteiger partial charge >= 0.3 is 6.29 Å². The van der Waals surface area contributed by atoms with Crippen molar-refractivity contribution in [3.63, 3.8) is 0 Å². The molecule has 8 aliphatic rings. The number of benzene rings is 2. The number of rotatable bonds is 1. The summed E-state index contributed by atoms with van der Waals surface area (Å²) in [6.45, 7) is 3.50. The van der Waals surface area contributed by atoms with Crippen LogP contribution in [0.4, 0.5) is 11.4 Å². The van der Waals surface area contributed by atoms with Crippen molar-refractivity contribution in [2.24, 2.45) is 0 Å². The molecule has 5 aliphatic heterocycles. The van der Waals surface area contributed by atoms with E-state index in [0.717, 1.165) is 88.0 Å². The van der Waals surface area contributed by atoms with Crippen LogP contribution in [0.25, 0.3) is 78.1 Å². The number of hydrogen-bond acceptors (Lipinski definition) is 16. The van der Waals surface area contributed by atoms with E-state index in [-0.39, 0.29) is 51.3 Å². The number of aromatic hydroxyl groups is 1. The number of nitrogens with zero attached hydrogens (tertiary/aromatic N) is 9. The number of aryl methyl sites for hydroxylation is 6. The van der Waals surface area contributed by atoms with E-state index in [1.54, 1.807) is 17.9 Å². The van der Waals surface area contributed by atoms with Crippen LogP contribution in [0.2, 0.25) is 0 Å². The number of carbonyl (C=O) groups is 4. The molecule has 21 nitrogen and oxygen atoms in total. The highest BCUT2D eigenvalue weighted by Gasteiger charge is 2.48. The van der Waals surface area contributed by atoms with Gasteiger partial charge in [-0.2, -0.15) is 0 Å². The number of hydrogen-bond donors (Lipinski definition) is 6. The number of carbonyl (C=O) groups excluding carboxylic acids is 4. The van der Waals surface area contributed by atoms with Gasteiger partial charge in [0.25, 0.3) is 11.6 Å². The molecule has 16 rings (SSSR count). The van der Waals surface area contributed by atoms with Gasteiger partial charge in [-0.25, -0.2) is 29.9 Å². The fourth-order valence-corrected chi connectivity index (χ4v) is 13.1. The van der Waals surface area contributed by atoms with E-state index in [9.17, 15) is 34.4 Å². The van der Waals surface area contributed by atoms with Gasteiger partial charge < -0.3 is 26.0 Å². The van der Waals surface area contributed by atoms with E-state index in [1.807, 2.05) is 18.2 Å². The van der Waals surface area contributed by atoms with Crippen LogP contribution in [0.1, 0.15) is 76.5 Å². The number of non-ortho nitro benzene ring substituents is 1. The van der Waals surface area contributed by atoms with Gasteiger partial charge in [-0.1, -0.05) is 12.1 Å². The van der Waals surface area contributed by atoms with Crippen LogP contribution in [-0.4, -0.2) is 124 Å². The van der Waals surface area contributed by atoms with Crippen molar-refractivity contribution in [1.29, 1.82) is 0 Å². The second-order valence-electron chi connectivity index (χ2n) is 22.4. The van der Waals surface area contributed by atoms with Crippen LogP contribution in [-0.2, 0) is 52.9 Å². The summed E-state index contributed by atoms with van der Waals surface area (Å²) >= 11 is 0. The highest BCUT2D eigenvalue weighted by molar-refractivity contribution is 6.05.